The Kier molecular flexibility index (Phi) is 5.54. The van der Waals surface area contributed by atoms with E-state index in [1.807, 2.05) is 18.2 Å². The molecule has 0 bridgehead atoms. The summed E-state index contributed by atoms with van der Waals surface area (Å²) >= 11 is 0. The van der Waals surface area contributed by atoms with Crippen molar-refractivity contribution in [2.75, 3.05) is 23.8 Å². The number of ether oxygens (including phenoxy) is 1. The Bertz CT molecular complexity index is 860. The number of halogens is 2. The molecule has 2 aromatic carbocycles. The summed E-state index contributed by atoms with van der Waals surface area (Å²) in [5, 5.41) is 5.45. The molecule has 1 aliphatic rings. The predicted molar refractivity (Wildman–Crippen MR) is 96.3 cm³/mol. The van der Waals surface area contributed by atoms with Crippen LogP contribution in [0.5, 0.6) is 0 Å². The number of hydrogen-bond donors (Lipinski definition) is 2. The zero-order valence-electron chi connectivity index (χ0n) is 14.7. The molecule has 2 N–H and O–H groups in total. The van der Waals surface area contributed by atoms with Crippen molar-refractivity contribution in [3.63, 3.8) is 0 Å². The van der Waals surface area contributed by atoms with E-state index in [9.17, 15) is 18.4 Å². The smallest absolute Gasteiger partial charge is 0.410 e. The van der Waals surface area contributed by atoms with Crippen LogP contribution >= 0.6 is 0 Å². The quantitative estimate of drug-likeness (QED) is 0.812. The minimum absolute atomic E-state index is 0.0867. The first kappa shape index (κ1) is 18.6. The number of rotatable bonds is 6. The van der Waals surface area contributed by atoms with Crippen LogP contribution in [0.3, 0.4) is 0 Å². The van der Waals surface area contributed by atoms with E-state index >= 15 is 0 Å². The second kappa shape index (κ2) is 8.03. The zero-order chi connectivity index (χ0) is 19.4. The van der Waals surface area contributed by atoms with Crippen LogP contribution in [0.1, 0.15) is 12.5 Å². The summed E-state index contributed by atoms with van der Waals surface area (Å²) in [6.07, 6.45) is -0.345. The average Bonchev–Trinajstić information content (AvgIpc) is 3.02. The van der Waals surface area contributed by atoms with Crippen molar-refractivity contribution < 1.29 is 23.1 Å². The maximum atomic E-state index is 13.7. The highest BCUT2D eigenvalue weighted by Crippen LogP contribution is 2.18. The van der Waals surface area contributed by atoms with Gasteiger partial charge in [-0.25, -0.2) is 13.6 Å². The molecule has 0 spiro atoms. The molecule has 3 rings (SSSR count). The van der Waals surface area contributed by atoms with E-state index in [1.54, 1.807) is 17.9 Å². The van der Waals surface area contributed by atoms with Gasteiger partial charge in [0, 0.05) is 18.3 Å². The van der Waals surface area contributed by atoms with Crippen molar-refractivity contribution in [2.24, 2.45) is 0 Å². The Morgan fingerprint density at radius 3 is 2.78 bits per heavy atom. The van der Waals surface area contributed by atoms with Gasteiger partial charge in [-0.2, -0.15) is 0 Å². The lowest BCUT2D eigenvalue weighted by Crippen LogP contribution is -2.32. The van der Waals surface area contributed by atoms with Crippen LogP contribution in [0.25, 0.3) is 0 Å². The van der Waals surface area contributed by atoms with Gasteiger partial charge in [0.25, 0.3) is 0 Å². The third kappa shape index (κ3) is 4.72. The molecule has 0 aromatic heterocycles. The number of cyclic esters (lactones) is 1. The van der Waals surface area contributed by atoms with Crippen molar-refractivity contribution in [2.45, 2.75) is 19.5 Å². The molecule has 27 heavy (non-hydrogen) atoms. The molecule has 1 fully saturated rings. The Balaban J connectivity index is 1.61. The fourth-order valence-corrected chi connectivity index (χ4v) is 2.70. The van der Waals surface area contributed by atoms with Gasteiger partial charge in [0.15, 0.2) is 0 Å². The van der Waals surface area contributed by atoms with Crippen molar-refractivity contribution in [3.05, 3.63) is 59.7 Å². The Morgan fingerprint density at radius 2 is 2.07 bits per heavy atom. The fraction of sp³-hybridized carbons (Fsp3) is 0.263. The molecule has 142 valence electrons. The Labute approximate surface area is 155 Å². The highest BCUT2D eigenvalue weighted by molar-refractivity contribution is 5.96. The van der Waals surface area contributed by atoms with Gasteiger partial charge in [-0.15, -0.1) is 0 Å². The zero-order valence-corrected chi connectivity index (χ0v) is 14.7. The number of carbonyl (C=O) groups is 2. The van der Waals surface area contributed by atoms with E-state index in [-0.39, 0.29) is 11.8 Å². The summed E-state index contributed by atoms with van der Waals surface area (Å²) in [7, 11) is 0. The van der Waals surface area contributed by atoms with Gasteiger partial charge >= 0.3 is 6.09 Å². The lowest BCUT2D eigenvalue weighted by molar-refractivity contribution is -0.116. The molecule has 1 heterocycles. The Hall–Kier alpha value is -3.16. The van der Waals surface area contributed by atoms with Crippen LogP contribution in [-0.2, 0) is 16.1 Å². The first-order valence-electron chi connectivity index (χ1n) is 8.45. The fourth-order valence-electron chi connectivity index (χ4n) is 2.70. The second-order valence-corrected chi connectivity index (χ2v) is 6.22. The number of nitrogens with zero attached hydrogens (tertiary/aromatic N) is 1. The van der Waals surface area contributed by atoms with Crippen molar-refractivity contribution in [1.29, 1.82) is 0 Å². The summed E-state index contributed by atoms with van der Waals surface area (Å²) in [5.41, 5.74) is 1.48. The molecule has 1 atom stereocenters. The number of carbonyl (C=O) groups excluding carboxylic acids is 2. The van der Waals surface area contributed by atoms with E-state index in [0.29, 0.717) is 31.5 Å². The van der Waals surface area contributed by atoms with E-state index in [4.69, 9.17) is 4.74 Å². The van der Waals surface area contributed by atoms with Gasteiger partial charge in [0.1, 0.15) is 24.3 Å². The number of hydrogen-bond acceptors (Lipinski definition) is 4. The SMILES string of the molecule is C[C@@H](Nc1cccc(CN2CCOC2=O)c1)C(=O)Nc1ccc(F)cc1F. The van der Waals surface area contributed by atoms with Crippen LogP contribution in [0, 0.1) is 11.6 Å². The van der Waals surface area contributed by atoms with Crippen LogP contribution in [0.15, 0.2) is 42.5 Å². The van der Waals surface area contributed by atoms with Crippen molar-refractivity contribution >= 4 is 23.4 Å². The van der Waals surface area contributed by atoms with Crippen molar-refractivity contribution in [3.8, 4) is 0 Å². The number of anilines is 2. The van der Waals surface area contributed by atoms with Gasteiger partial charge in [-0.3, -0.25) is 4.79 Å². The van der Waals surface area contributed by atoms with Gasteiger partial charge in [-0.1, -0.05) is 12.1 Å². The molecule has 8 heteroatoms. The standard InChI is InChI=1S/C19H19F2N3O3/c1-12(18(25)23-17-6-5-14(20)10-16(17)21)22-15-4-2-3-13(9-15)11-24-7-8-27-19(24)26/h2-6,9-10,12,22H,7-8,11H2,1H3,(H,23,25)/t12-/m1/s1. The van der Waals surface area contributed by atoms with Crippen LogP contribution < -0.4 is 10.6 Å². The molecule has 0 radical (unpaired) electrons. The van der Waals surface area contributed by atoms with Gasteiger partial charge in [-0.05, 0) is 36.8 Å². The maximum absolute atomic E-state index is 13.7. The number of amides is 2. The molecule has 0 aliphatic carbocycles. The second-order valence-electron chi connectivity index (χ2n) is 6.22. The molecular weight excluding hydrogens is 356 g/mol. The van der Waals surface area contributed by atoms with E-state index < -0.39 is 23.6 Å². The predicted octanol–water partition coefficient (Wildman–Crippen LogP) is 3.36. The van der Waals surface area contributed by atoms with E-state index in [2.05, 4.69) is 10.6 Å². The normalized spacial score (nSPS) is 14.6. The van der Waals surface area contributed by atoms with Crippen LogP contribution in [0.2, 0.25) is 0 Å². The lowest BCUT2D eigenvalue weighted by Gasteiger charge is -2.17. The third-order valence-corrected chi connectivity index (χ3v) is 4.11. The molecule has 1 aliphatic heterocycles. The first-order chi connectivity index (χ1) is 12.9. The monoisotopic (exact) mass is 375 g/mol. The summed E-state index contributed by atoms with van der Waals surface area (Å²) in [4.78, 5) is 25.4. The minimum atomic E-state index is -0.838. The summed E-state index contributed by atoms with van der Waals surface area (Å²) in [6, 6.07) is 9.58. The highest BCUT2D eigenvalue weighted by atomic mass is 19.1. The molecule has 2 amide bonds. The minimum Gasteiger partial charge on any atom is -0.448 e. The van der Waals surface area contributed by atoms with Crippen molar-refractivity contribution in [1.82, 2.24) is 4.90 Å². The first-order valence-corrected chi connectivity index (χ1v) is 8.45. The highest BCUT2D eigenvalue weighted by Gasteiger charge is 2.22. The largest absolute Gasteiger partial charge is 0.448 e. The van der Waals surface area contributed by atoms with Crippen LogP contribution in [-0.4, -0.2) is 36.1 Å². The number of benzene rings is 2. The van der Waals surface area contributed by atoms with Crippen LogP contribution in [0.4, 0.5) is 25.0 Å². The van der Waals surface area contributed by atoms with E-state index in [1.165, 1.54) is 6.07 Å². The van der Waals surface area contributed by atoms with Gasteiger partial charge in [0.05, 0.1) is 12.2 Å². The maximum Gasteiger partial charge on any atom is 0.410 e. The molecule has 6 nitrogen and oxygen atoms in total. The Morgan fingerprint density at radius 1 is 1.26 bits per heavy atom. The average molecular weight is 375 g/mol. The molecule has 2 aromatic rings. The summed E-state index contributed by atoms with van der Waals surface area (Å²) < 4.78 is 31.5. The third-order valence-electron chi connectivity index (χ3n) is 4.11. The lowest BCUT2D eigenvalue weighted by atomic mass is 10.1. The van der Waals surface area contributed by atoms with Gasteiger partial charge < -0.3 is 20.3 Å². The van der Waals surface area contributed by atoms with E-state index in [0.717, 1.165) is 11.6 Å². The molecule has 0 saturated carbocycles. The van der Waals surface area contributed by atoms with Gasteiger partial charge in [0.2, 0.25) is 5.91 Å². The molecule has 0 unspecified atom stereocenters. The molecule has 1 saturated heterocycles. The number of nitrogens with one attached hydrogen (secondary N) is 2. The summed E-state index contributed by atoms with van der Waals surface area (Å²) in [5.74, 6) is -2.01. The molecular formula is C19H19F2N3O3. The topological polar surface area (TPSA) is 70.7 Å². The summed E-state index contributed by atoms with van der Waals surface area (Å²) in [6.45, 7) is 2.96.